The number of benzene rings is 1. The van der Waals surface area contributed by atoms with Gasteiger partial charge in [-0.1, -0.05) is 29.3 Å². The van der Waals surface area contributed by atoms with E-state index in [1.165, 1.54) is 18.6 Å². The molecular formula is C13H10Cl2O3S. The van der Waals surface area contributed by atoms with Gasteiger partial charge in [0.05, 0.1) is 28.3 Å². The van der Waals surface area contributed by atoms with Gasteiger partial charge in [0.25, 0.3) is 0 Å². The molecule has 0 aliphatic rings. The van der Waals surface area contributed by atoms with Crippen molar-refractivity contribution in [2.45, 2.75) is 5.75 Å². The Bertz CT molecular complexity index is 689. The van der Waals surface area contributed by atoms with Gasteiger partial charge in [0.2, 0.25) is 0 Å². The van der Waals surface area contributed by atoms with Crippen LogP contribution in [0.15, 0.2) is 46.6 Å². The van der Waals surface area contributed by atoms with Crippen LogP contribution in [0.5, 0.6) is 0 Å². The molecule has 0 unspecified atom stereocenters. The van der Waals surface area contributed by atoms with E-state index < -0.39 is 9.84 Å². The maximum atomic E-state index is 11.9. The fourth-order valence-corrected chi connectivity index (χ4v) is 2.89. The fraction of sp³-hybridized carbons (Fsp3) is 0.0769. The summed E-state index contributed by atoms with van der Waals surface area (Å²) < 4.78 is 28.6. The highest BCUT2D eigenvalue weighted by Crippen LogP contribution is 2.23. The van der Waals surface area contributed by atoms with Gasteiger partial charge in [-0.25, -0.2) is 8.42 Å². The second-order valence-corrected chi connectivity index (χ2v) is 6.62. The Morgan fingerprint density at radius 3 is 2.58 bits per heavy atom. The van der Waals surface area contributed by atoms with Crippen LogP contribution in [0.2, 0.25) is 10.0 Å². The molecule has 1 aromatic carbocycles. The van der Waals surface area contributed by atoms with Gasteiger partial charge in [0.15, 0.2) is 9.84 Å². The summed E-state index contributed by atoms with van der Waals surface area (Å²) in [6.07, 6.45) is 4.42. The molecule has 2 rings (SSSR count). The van der Waals surface area contributed by atoms with E-state index >= 15 is 0 Å². The second kappa shape index (κ2) is 5.82. The fourth-order valence-electron chi connectivity index (χ4n) is 1.46. The van der Waals surface area contributed by atoms with Gasteiger partial charge in [0, 0.05) is 11.0 Å². The van der Waals surface area contributed by atoms with Crippen LogP contribution in [0, 0.1) is 0 Å². The molecule has 0 saturated heterocycles. The van der Waals surface area contributed by atoms with Crippen molar-refractivity contribution in [2.75, 3.05) is 0 Å². The van der Waals surface area contributed by atoms with Crippen molar-refractivity contribution in [2.24, 2.45) is 0 Å². The first-order valence-electron chi connectivity index (χ1n) is 5.33. The van der Waals surface area contributed by atoms with Gasteiger partial charge in [-0.2, -0.15) is 0 Å². The molecule has 0 aliphatic heterocycles. The molecule has 3 nitrogen and oxygen atoms in total. The Balaban J connectivity index is 2.15. The Morgan fingerprint density at radius 1 is 1.16 bits per heavy atom. The van der Waals surface area contributed by atoms with Crippen LogP contribution in [0.1, 0.15) is 11.1 Å². The van der Waals surface area contributed by atoms with E-state index in [1.54, 1.807) is 24.3 Å². The van der Waals surface area contributed by atoms with Crippen molar-refractivity contribution in [1.29, 1.82) is 0 Å². The SMILES string of the molecule is O=S(=O)(/C=C/c1ccoc1)Cc1ccc(Cl)c(Cl)c1. The molecule has 0 amide bonds. The summed E-state index contributed by atoms with van der Waals surface area (Å²) in [5.41, 5.74) is 1.28. The smallest absolute Gasteiger partial charge is 0.175 e. The molecule has 19 heavy (non-hydrogen) atoms. The molecule has 0 N–H and O–H groups in total. The van der Waals surface area contributed by atoms with Crippen LogP contribution in [-0.4, -0.2) is 8.42 Å². The molecule has 0 atom stereocenters. The van der Waals surface area contributed by atoms with E-state index in [0.717, 1.165) is 5.41 Å². The Labute approximate surface area is 121 Å². The number of hydrogen-bond donors (Lipinski definition) is 0. The monoisotopic (exact) mass is 316 g/mol. The lowest BCUT2D eigenvalue weighted by molar-refractivity contribution is 0.567. The number of furan rings is 1. The predicted octanol–water partition coefficient (Wildman–Crippen LogP) is 4.17. The van der Waals surface area contributed by atoms with Crippen molar-refractivity contribution in [3.05, 3.63) is 63.4 Å². The summed E-state index contributed by atoms with van der Waals surface area (Å²) >= 11 is 11.6. The quantitative estimate of drug-likeness (QED) is 0.850. The van der Waals surface area contributed by atoms with Gasteiger partial charge in [-0.05, 0) is 29.8 Å². The summed E-state index contributed by atoms with van der Waals surface area (Å²) in [5.74, 6) is -0.127. The lowest BCUT2D eigenvalue weighted by atomic mass is 10.2. The first kappa shape index (κ1) is 14.2. The van der Waals surface area contributed by atoms with E-state index in [-0.39, 0.29) is 5.75 Å². The molecule has 100 valence electrons. The Kier molecular flexibility index (Phi) is 4.34. The number of rotatable bonds is 4. The maximum Gasteiger partial charge on any atom is 0.175 e. The minimum atomic E-state index is -3.36. The third kappa shape index (κ3) is 4.13. The third-order valence-electron chi connectivity index (χ3n) is 2.36. The van der Waals surface area contributed by atoms with Crippen LogP contribution in [0.3, 0.4) is 0 Å². The molecule has 0 radical (unpaired) electrons. The number of halogens is 2. The molecule has 2 aromatic rings. The normalized spacial score (nSPS) is 12.1. The zero-order chi connectivity index (χ0) is 13.9. The van der Waals surface area contributed by atoms with E-state index in [0.29, 0.717) is 21.2 Å². The summed E-state index contributed by atoms with van der Waals surface area (Å²) in [6, 6.07) is 6.43. The number of hydrogen-bond acceptors (Lipinski definition) is 3. The van der Waals surface area contributed by atoms with Gasteiger partial charge in [-0.15, -0.1) is 0 Å². The van der Waals surface area contributed by atoms with Crippen LogP contribution in [0.25, 0.3) is 6.08 Å². The minimum absolute atomic E-state index is 0.127. The summed E-state index contributed by atoms with van der Waals surface area (Å²) in [4.78, 5) is 0. The minimum Gasteiger partial charge on any atom is -0.472 e. The number of sulfone groups is 1. The summed E-state index contributed by atoms with van der Waals surface area (Å²) in [6.45, 7) is 0. The zero-order valence-electron chi connectivity index (χ0n) is 9.71. The lowest BCUT2D eigenvalue weighted by Gasteiger charge is -2.02. The molecular weight excluding hydrogens is 307 g/mol. The average Bonchev–Trinajstić information content (AvgIpc) is 2.84. The highest BCUT2D eigenvalue weighted by molar-refractivity contribution is 7.93. The van der Waals surface area contributed by atoms with Crippen molar-refractivity contribution in [1.82, 2.24) is 0 Å². The summed E-state index contributed by atoms with van der Waals surface area (Å²) in [5, 5.41) is 1.89. The van der Waals surface area contributed by atoms with E-state index in [4.69, 9.17) is 27.6 Å². The zero-order valence-corrected chi connectivity index (χ0v) is 12.0. The van der Waals surface area contributed by atoms with E-state index in [1.807, 2.05) is 0 Å². The first-order chi connectivity index (χ1) is 8.96. The predicted molar refractivity (Wildman–Crippen MR) is 76.8 cm³/mol. The van der Waals surface area contributed by atoms with Crippen LogP contribution in [-0.2, 0) is 15.6 Å². The largest absolute Gasteiger partial charge is 0.472 e. The molecule has 0 spiro atoms. The van der Waals surface area contributed by atoms with Gasteiger partial charge in [0.1, 0.15) is 0 Å². The van der Waals surface area contributed by atoms with Crippen molar-refractivity contribution in [3.63, 3.8) is 0 Å². The van der Waals surface area contributed by atoms with E-state index in [2.05, 4.69) is 0 Å². The van der Waals surface area contributed by atoms with Crippen LogP contribution < -0.4 is 0 Å². The highest BCUT2D eigenvalue weighted by Gasteiger charge is 2.09. The molecule has 0 fully saturated rings. The van der Waals surface area contributed by atoms with Gasteiger partial charge >= 0.3 is 0 Å². The third-order valence-corrected chi connectivity index (χ3v) is 4.39. The van der Waals surface area contributed by atoms with E-state index in [9.17, 15) is 8.42 Å². The van der Waals surface area contributed by atoms with Gasteiger partial charge in [-0.3, -0.25) is 0 Å². The molecule has 0 saturated carbocycles. The topological polar surface area (TPSA) is 47.3 Å². The lowest BCUT2D eigenvalue weighted by Crippen LogP contribution is -1.99. The van der Waals surface area contributed by atoms with Gasteiger partial charge < -0.3 is 4.42 Å². The van der Waals surface area contributed by atoms with Crippen LogP contribution in [0.4, 0.5) is 0 Å². The molecule has 1 heterocycles. The molecule has 0 bridgehead atoms. The highest BCUT2D eigenvalue weighted by atomic mass is 35.5. The first-order valence-corrected chi connectivity index (χ1v) is 7.80. The standard InChI is InChI=1S/C13H10Cl2O3S/c14-12-2-1-11(7-13(12)15)9-19(16,17)6-4-10-3-5-18-8-10/h1-8H,9H2/b6-4+. The molecule has 1 aromatic heterocycles. The van der Waals surface area contributed by atoms with Crippen molar-refractivity contribution in [3.8, 4) is 0 Å². The Morgan fingerprint density at radius 2 is 1.95 bits per heavy atom. The average molecular weight is 317 g/mol. The van der Waals surface area contributed by atoms with Crippen molar-refractivity contribution < 1.29 is 12.8 Å². The van der Waals surface area contributed by atoms with Crippen molar-refractivity contribution >= 4 is 39.1 Å². The second-order valence-electron chi connectivity index (χ2n) is 3.92. The van der Waals surface area contributed by atoms with Crippen LogP contribution >= 0.6 is 23.2 Å². The molecule has 6 heteroatoms. The molecule has 0 aliphatic carbocycles. The Hall–Kier alpha value is -1.23. The maximum absolute atomic E-state index is 11.9. The summed E-state index contributed by atoms with van der Waals surface area (Å²) in [7, 11) is -3.36.